The van der Waals surface area contributed by atoms with E-state index in [1.165, 1.54) is 12.3 Å². The Labute approximate surface area is 102 Å². The number of ether oxygens (including phenoxy) is 1. The summed E-state index contributed by atoms with van der Waals surface area (Å²) in [6.07, 6.45) is 2.22. The van der Waals surface area contributed by atoms with Crippen molar-refractivity contribution in [3.63, 3.8) is 0 Å². The molecule has 0 radical (unpaired) electrons. The van der Waals surface area contributed by atoms with E-state index in [1.54, 1.807) is 0 Å². The number of aromatic nitrogens is 1. The van der Waals surface area contributed by atoms with Gasteiger partial charge >= 0.3 is 5.69 Å². The van der Waals surface area contributed by atoms with E-state index in [4.69, 9.17) is 4.74 Å². The molecule has 0 aliphatic rings. The Bertz CT molecular complexity index is 407. The Hall–Kier alpha value is -1.17. The van der Waals surface area contributed by atoms with Crippen molar-refractivity contribution < 1.29 is 9.66 Å². The molecule has 1 rings (SSSR count). The van der Waals surface area contributed by atoms with E-state index in [0.717, 1.165) is 6.42 Å². The van der Waals surface area contributed by atoms with Gasteiger partial charge in [-0.15, -0.1) is 0 Å². The van der Waals surface area contributed by atoms with Crippen LogP contribution >= 0.6 is 15.9 Å². The molecule has 5 nitrogen and oxygen atoms in total. The average Bonchev–Trinajstić information content (AvgIpc) is 2.20. The Balaban J connectivity index is 3.09. The van der Waals surface area contributed by atoms with Crippen molar-refractivity contribution >= 4 is 21.6 Å². The molecular formula is C10H13BrN2O3. The molecule has 0 bridgehead atoms. The van der Waals surface area contributed by atoms with Gasteiger partial charge in [-0.05, 0) is 36.2 Å². The Kier molecular flexibility index (Phi) is 3.85. The second-order valence-corrected chi connectivity index (χ2v) is 4.87. The van der Waals surface area contributed by atoms with E-state index in [-0.39, 0.29) is 11.6 Å². The lowest BCUT2D eigenvalue weighted by atomic mass is 10.1. The Morgan fingerprint density at radius 3 is 2.75 bits per heavy atom. The maximum Gasteiger partial charge on any atom is 0.332 e. The van der Waals surface area contributed by atoms with E-state index >= 15 is 0 Å². The van der Waals surface area contributed by atoms with E-state index in [0.29, 0.717) is 4.47 Å². The molecule has 6 heteroatoms. The van der Waals surface area contributed by atoms with Crippen molar-refractivity contribution in [2.24, 2.45) is 0 Å². The Morgan fingerprint density at radius 1 is 1.62 bits per heavy atom. The van der Waals surface area contributed by atoms with Crippen LogP contribution in [0.25, 0.3) is 0 Å². The summed E-state index contributed by atoms with van der Waals surface area (Å²) < 4.78 is 6.08. The minimum atomic E-state index is -0.501. The molecule has 0 N–H and O–H groups in total. The van der Waals surface area contributed by atoms with Crippen LogP contribution in [-0.2, 0) is 0 Å². The lowest BCUT2D eigenvalue weighted by Gasteiger charge is -2.23. The first-order chi connectivity index (χ1) is 7.35. The number of nitro groups is 1. The molecule has 16 heavy (non-hydrogen) atoms. The second kappa shape index (κ2) is 4.78. The smallest absolute Gasteiger partial charge is 0.332 e. The molecule has 0 saturated heterocycles. The largest absolute Gasteiger partial charge is 0.467 e. The van der Waals surface area contributed by atoms with Crippen LogP contribution in [0, 0.1) is 10.1 Å². The number of rotatable bonds is 4. The lowest BCUT2D eigenvalue weighted by Crippen LogP contribution is -2.27. The molecule has 0 aliphatic heterocycles. The van der Waals surface area contributed by atoms with Crippen LogP contribution in [0.1, 0.15) is 27.2 Å². The third-order valence-corrected chi connectivity index (χ3v) is 2.65. The average molecular weight is 289 g/mol. The topological polar surface area (TPSA) is 65.3 Å². The zero-order valence-electron chi connectivity index (χ0n) is 9.36. The minimum Gasteiger partial charge on any atom is -0.467 e. The molecule has 1 aromatic heterocycles. The summed E-state index contributed by atoms with van der Waals surface area (Å²) in [7, 11) is 0. The van der Waals surface area contributed by atoms with Crippen LogP contribution in [0.3, 0.4) is 0 Å². The van der Waals surface area contributed by atoms with Gasteiger partial charge in [0.15, 0.2) is 0 Å². The van der Waals surface area contributed by atoms with Crippen molar-refractivity contribution in [2.45, 2.75) is 32.8 Å². The van der Waals surface area contributed by atoms with Gasteiger partial charge in [0.05, 0.1) is 4.92 Å². The lowest BCUT2D eigenvalue weighted by molar-refractivity contribution is -0.386. The van der Waals surface area contributed by atoms with Crippen LogP contribution in [0.2, 0.25) is 0 Å². The number of hydrogen-bond donors (Lipinski definition) is 0. The van der Waals surface area contributed by atoms with Gasteiger partial charge in [0, 0.05) is 16.7 Å². The number of halogens is 1. The van der Waals surface area contributed by atoms with Gasteiger partial charge in [-0.2, -0.15) is 0 Å². The van der Waals surface area contributed by atoms with Gasteiger partial charge in [0.2, 0.25) is 0 Å². The fourth-order valence-corrected chi connectivity index (χ4v) is 1.28. The van der Waals surface area contributed by atoms with Crippen molar-refractivity contribution in [3.05, 3.63) is 26.9 Å². The molecule has 0 fully saturated rings. The second-order valence-electron chi connectivity index (χ2n) is 3.95. The monoisotopic (exact) mass is 288 g/mol. The van der Waals surface area contributed by atoms with Crippen LogP contribution in [-0.4, -0.2) is 15.5 Å². The van der Waals surface area contributed by atoms with E-state index < -0.39 is 10.5 Å². The van der Waals surface area contributed by atoms with Gasteiger partial charge in [0.1, 0.15) is 5.60 Å². The third-order valence-electron chi connectivity index (χ3n) is 2.22. The third kappa shape index (κ3) is 3.16. The molecule has 0 saturated carbocycles. The Morgan fingerprint density at radius 2 is 2.25 bits per heavy atom. The maximum absolute atomic E-state index is 10.8. The van der Waals surface area contributed by atoms with Crippen LogP contribution in [0.15, 0.2) is 16.7 Å². The predicted octanol–water partition coefficient (Wildman–Crippen LogP) is 3.32. The van der Waals surface area contributed by atoms with Crippen LogP contribution < -0.4 is 4.74 Å². The summed E-state index contributed by atoms with van der Waals surface area (Å²) in [4.78, 5) is 14.2. The first-order valence-electron chi connectivity index (χ1n) is 4.84. The molecule has 0 aliphatic carbocycles. The van der Waals surface area contributed by atoms with Gasteiger partial charge in [-0.1, -0.05) is 6.92 Å². The van der Waals surface area contributed by atoms with Crippen molar-refractivity contribution in [1.82, 2.24) is 4.98 Å². The van der Waals surface area contributed by atoms with E-state index in [2.05, 4.69) is 20.9 Å². The first-order valence-corrected chi connectivity index (χ1v) is 5.64. The van der Waals surface area contributed by atoms with Gasteiger partial charge in [-0.3, -0.25) is 10.1 Å². The molecule has 0 atom stereocenters. The molecule has 0 aromatic carbocycles. The van der Waals surface area contributed by atoms with Crippen LogP contribution in [0.5, 0.6) is 5.88 Å². The van der Waals surface area contributed by atoms with Gasteiger partial charge in [-0.25, -0.2) is 4.98 Å². The molecule has 0 spiro atoms. The minimum absolute atomic E-state index is 0.0556. The zero-order valence-corrected chi connectivity index (χ0v) is 10.9. The SMILES string of the molecule is CCC(C)(C)Oc1ncc(Br)cc1[N+](=O)[O-]. The van der Waals surface area contributed by atoms with Crippen molar-refractivity contribution in [2.75, 3.05) is 0 Å². The van der Waals surface area contributed by atoms with Crippen LogP contribution in [0.4, 0.5) is 5.69 Å². The highest BCUT2D eigenvalue weighted by Gasteiger charge is 2.24. The van der Waals surface area contributed by atoms with Crippen molar-refractivity contribution in [3.8, 4) is 5.88 Å². The fraction of sp³-hybridized carbons (Fsp3) is 0.500. The fourth-order valence-electron chi connectivity index (χ4n) is 0.959. The number of nitrogens with zero attached hydrogens (tertiary/aromatic N) is 2. The maximum atomic E-state index is 10.8. The molecular weight excluding hydrogens is 276 g/mol. The highest BCUT2D eigenvalue weighted by atomic mass is 79.9. The molecule has 0 amide bonds. The van der Waals surface area contributed by atoms with Crippen molar-refractivity contribution in [1.29, 1.82) is 0 Å². The summed E-state index contributed by atoms with van der Waals surface area (Å²) in [5.74, 6) is 0.0556. The summed E-state index contributed by atoms with van der Waals surface area (Å²) >= 11 is 3.14. The van der Waals surface area contributed by atoms with Gasteiger partial charge < -0.3 is 4.74 Å². The molecule has 88 valence electrons. The number of hydrogen-bond acceptors (Lipinski definition) is 4. The summed E-state index contributed by atoms with van der Waals surface area (Å²) in [5, 5.41) is 10.8. The highest BCUT2D eigenvalue weighted by Crippen LogP contribution is 2.30. The summed E-state index contributed by atoms with van der Waals surface area (Å²) in [6.45, 7) is 5.67. The first kappa shape index (κ1) is 12.9. The standard InChI is InChI=1S/C10H13BrN2O3/c1-4-10(2,3)16-9-8(13(14)15)5-7(11)6-12-9/h5-6H,4H2,1-3H3. The highest BCUT2D eigenvalue weighted by molar-refractivity contribution is 9.10. The van der Waals surface area contributed by atoms with E-state index in [9.17, 15) is 10.1 Å². The number of pyridine rings is 1. The molecule has 1 heterocycles. The quantitative estimate of drug-likeness (QED) is 0.630. The predicted molar refractivity (Wildman–Crippen MR) is 63.6 cm³/mol. The van der Waals surface area contributed by atoms with E-state index in [1.807, 2.05) is 20.8 Å². The molecule has 1 aromatic rings. The summed E-state index contributed by atoms with van der Waals surface area (Å²) in [6, 6.07) is 1.38. The zero-order chi connectivity index (χ0) is 12.3. The van der Waals surface area contributed by atoms with Gasteiger partial charge in [0.25, 0.3) is 5.88 Å². The summed E-state index contributed by atoms with van der Waals surface area (Å²) in [5.41, 5.74) is -0.595. The normalized spacial score (nSPS) is 11.2. The molecule has 0 unspecified atom stereocenters.